The van der Waals surface area contributed by atoms with Crippen LogP contribution in [0.1, 0.15) is 12.5 Å². The molecule has 0 atom stereocenters. The molecule has 0 saturated heterocycles. The molecule has 0 aliphatic heterocycles. The summed E-state index contributed by atoms with van der Waals surface area (Å²) in [4.78, 5) is 43.6. The number of aromatic nitrogens is 1. The molecule has 0 bridgehead atoms. The predicted molar refractivity (Wildman–Crippen MR) is 64.1 cm³/mol. The van der Waals surface area contributed by atoms with Crippen LogP contribution in [-0.2, 0) is 16.1 Å². The number of hydrogen-bond donors (Lipinski definition) is 2. The van der Waals surface area contributed by atoms with Crippen molar-refractivity contribution in [3.05, 3.63) is 38.3 Å². The molecule has 0 fully saturated rings. The molecule has 1 rings (SSSR count). The number of amides is 2. The molecule has 2 amide bonds. The van der Waals surface area contributed by atoms with Crippen LogP contribution in [0.3, 0.4) is 0 Å². The van der Waals surface area contributed by atoms with Gasteiger partial charge in [0.2, 0.25) is 5.91 Å². The number of carbonyl (C=O) groups is 2. The first-order valence-corrected chi connectivity index (χ1v) is 5.22. The molecule has 102 valence electrons. The van der Waals surface area contributed by atoms with E-state index in [1.54, 1.807) is 0 Å². The molecule has 9 heteroatoms. The van der Waals surface area contributed by atoms with Crippen LogP contribution in [0.25, 0.3) is 0 Å². The molecule has 0 aliphatic carbocycles. The minimum absolute atomic E-state index is 0.216. The third kappa shape index (κ3) is 3.91. The lowest BCUT2D eigenvalue weighted by Crippen LogP contribution is -2.43. The Morgan fingerprint density at radius 1 is 1.42 bits per heavy atom. The fourth-order valence-electron chi connectivity index (χ4n) is 1.32. The topological polar surface area (TPSA) is 123 Å². The summed E-state index contributed by atoms with van der Waals surface area (Å²) in [6.45, 7) is 2.20. The highest BCUT2D eigenvalue weighted by atomic mass is 16.6. The van der Waals surface area contributed by atoms with Crippen molar-refractivity contribution in [1.29, 1.82) is 0 Å². The quantitative estimate of drug-likeness (QED) is 0.550. The number of hydrazine groups is 1. The maximum Gasteiger partial charge on any atom is 0.288 e. The molecule has 0 aromatic carbocycles. The minimum atomic E-state index is -0.671. The zero-order valence-electron chi connectivity index (χ0n) is 10.3. The number of aryl methyl sites for hydroxylation is 1. The van der Waals surface area contributed by atoms with Crippen LogP contribution in [0.5, 0.6) is 0 Å². The predicted octanol–water partition coefficient (Wildman–Crippen LogP) is -0.768. The lowest BCUT2D eigenvalue weighted by atomic mass is 10.2. The van der Waals surface area contributed by atoms with E-state index in [9.17, 15) is 24.5 Å². The van der Waals surface area contributed by atoms with E-state index >= 15 is 0 Å². The van der Waals surface area contributed by atoms with Gasteiger partial charge in [-0.15, -0.1) is 0 Å². The Hall–Kier alpha value is -2.71. The van der Waals surface area contributed by atoms with Crippen molar-refractivity contribution in [3.8, 4) is 0 Å². The van der Waals surface area contributed by atoms with Gasteiger partial charge in [0.05, 0.1) is 11.1 Å². The van der Waals surface area contributed by atoms with Gasteiger partial charge in [0.15, 0.2) is 0 Å². The van der Waals surface area contributed by atoms with Crippen molar-refractivity contribution >= 4 is 17.5 Å². The van der Waals surface area contributed by atoms with Crippen LogP contribution in [0, 0.1) is 17.0 Å². The zero-order chi connectivity index (χ0) is 14.6. The molecule has 2 N–H and O–H groups in total. The van der Waals surface area contributed by atoms with E-state index in [1.165, 1.54) is 13.8 Å². The van der Waals surface area contributed by atoms with Crippen molar-refractivity contribution in [1.82, 2.24) is 15.4 Å². The summed E-state index contributed by atoms with van der Waals surface area (Å²) in [7, 11) is 0. The summed E-state index contributed by atoms with van der Waals surface area (Å²) in [6, 6.07) is 1.07. The van der Waals surface area contributed by atoms with E-state index < -0.39 is 28.8 Å². The molecule has 9 nitrogen and oxygen atoms in total. The van der Waals surface area contributed by atoms with Gasteiger partial charge in [-0.25, -0.2) is 0 Å². The molecular weight excluding hydrogens is 256 g/mol. The lowest BCUT2D eigenvalue weighted by Gasteiger charge is -2.07. The molecule has 1 heterocycles. The second-order valence-electron chi connectivity index (χ2n) is 3.79. The number of nitrogens with one attached hydrogen (secondary N) is 2. The van der Waals surface area contributed by atoms with Crippen LogP contribution >= 0.6 is 0 Å². The third-order valence-electron chi connectivity index (χ3n) is 2.19. The Balaban J connectivity index is 2.92. The number of nitro groups is 1. The Morgan fingerprint density at radius 3 is 2.58 bits per heavy atom. The SMILES string of the molecule is CC(=O)NNC(=O)Cn1cc([N+](=O)[O-])c(C)cc1=O. The second kappa shape index (κ2) is 5.76. The largest absolute Gasteiger partial charge is 0.299 e. The fourth-order valence-corrected chi connectivity index (χ4v) is 1.32. The Labute approximate surface area is 107 Å². The first kappa shape index (κ1) is 14.4. The molecule has 0 radical (unpaired) electrons. The van der Waals surface area contributed by atoms with Gasteiger partial charge in [0, 0.05) is 18.6 Å². The van der Waals surface area contributed by atoms with Crippen LogP contribution in [0.2, 0.25) is 0 Å². The number of hydrogen-bond acceptors (Lipinski definition) is 5. The maximum atomic E-state index is 11.6. The fraction of sp³-hybridized carbons (Fsp3) is 0.300. The molecule has 1 aromatic rings. The molecule has 0 aliphatic rings. The highest BCUT2D eigenvalue weighted by Crippen LogP contribution is 2.13. The normalized spacial score (nSPS) is 9.79. The maximum absolute atomic E-state index is 11.6. The molecule has 0 unspecified atom stereocenters. The zero-order valence-corrected chi connectivity index (χ0v) is 10.3. The molecular formula is C10H12N4O5. The van der Waals surface area contributed by atoms with Gasteiger partial charge in [-0.3, -0.25) is 39.9 Å². The van der Waals surface area contributed by atoms with Crippen LogP contribution in [0.4, 0.5) is 5.69 Å². The summed E-state index contributed by atoms with van der Waals surface area (Å²) in [6.07, 6.45) is 0.991. The van der Waals surface area contributed by atoms with Gasteiger partial charge in [-0.2, -0.15) is 0 Å². The summed E-state index contributed by atoms with van der Waals surface area (Å²) in [5.74, 6) is -1.15. The Morgan fingerprint density at radius 2 is 2.05 bits per heavy atom. The number of pyridine rings is 1. The number of nitrogens with zero attached hydrogens (tertiary/aromatic N) is 2. The van der Waals surface area contributed by atoms with Crippen LogP contribution in [0.15, 0.2) is 17.1 Å². The standard InChI is InChI=1S/C10H12N4O5/c1-6-3-10(17)13(4-8(6)14(18)19)5-9(16)12-11-7(2)15/h3-4H,5H2,1-2H3,(H,11,15)(H,12,16). The smallest absolute Gasteiger partial charge is 0.288 e. The van der Waals surface area contributed by atoms with E-state index in [1.807, 2.05) is 5.43 Å². The summed E-state index contributed by atoms with van der Waals surface area (Å²) < 4.78 is 0.891. The van der Waals surface area contributed by atoms with E-state index in [2.05, 4.69) is 5.43 Å². The first-order valence-electron chi connectivity index (χ1n) is 5.22. The van der Waals surface area contributed by atoms with Gasteiger partial charge in [0.25, 0.3) is 17.2 Å². The Bertz CT molecular complexity index is 592. The van der Waals surface area contributed by atoms with Crippen molar-refractivity contribution < 1.29 is 14.5 Å². The van der Waals surface area contributed by atoms with E-state index in [0.29, 0.717) is 0 Å². The van der Waals surface area contributed by atoms with Crippen molar-refractivity contribution in [2.24, 2.45) is 0 Å². The average molecular weight is 268 g/mol. The van der Waals surface area contributed by atoms with E-state index in [4.69, 9.17) is 0 Å². The Kier molecular flexibility index (Phi) is 4.35. The highest BCUT2D eigenvalue weighted by Gasteiger charge is 2.14. The van der Waals surface area contributed by atoms with E-state index in [-0.39, 0.29) is 11.3 Å². The highest BCUT2D eigenvalue weighted by molar-refractivity contribution is 5.80. The van der Waals surface area contributed by atoms with E-state index in [0.717, 1.165) is 16.8 Å². The first-order chi connectivity index (χ1) is 8.81. The molecule has 19 heavy (non-hydrogen) atoms. The summed E-state index contributed by atoms with van der Waals surface area (Å²) in [5.41, 5.74) is 3.52. The number of carbonyl (C=O) groups excluding carboxylic acids is 2. The van der Waals surface area contributed by atoms with Crippen LogP contribution in [-0.4, -0.2) is 21.3 Å². The molecule has 1 aromatic heterocycles. The van der Waals surface area contributed by atoms with Crippen molar-refractivity contribution in [2.45, 2.75) is 20.4 Å². The lowest BCUT2D eigenvalue weighted by molar-refractivity contribution is -0.385. The molecule has 0 spiro atoms. The van der Waals surface area contributed by atoms with Crippen LogP contribution < -0.4 is 16.4 Å². The monoisotopic (exact) mass is 268 g/mol. The van der Waals surface area contributed by atoms with Gasteiger partial charge in [-0.05, 0) is 6.92 Å². The van der Waals surface area contributed by atoms with Gasteiger partial charge < -0.3 is 0 Å². The number of rotatable bonds is 3. The second-order valence-corrected chi connectivity index (χ2v) is 3.79. The molecule has 0 saturated carbocycles. The minimum Gasteiger partial charge on any atom is -0.299 e. The third-order valence-corrected chi connectivity index (χ3v) is 2.19. The summed E-state index contributed by atoms with van der Waals surface area (Å²) >= 11 is 0. The van der Waals surface area contributed by atoms with Gasteiger partial charge in [-0.1, -0.05) is 0 Å². The summed E-state index contributed by atoms with van der Waals surface area (Å²) in [5, 5.41) is 10.7. The van der Waals surface area contributed by atoms with Gasteiger partial charge in [0.1, 0.15) is 6.54 Å². The van der Waals surface area contributed by atoms with Crippen molar-refractivity contribution in [3.63, 3.8) is 0 Å². The average Bonchev–Trinajstić information content (AvgIpc) is 2.29. The van der Waals surface area contributed by atoms with Crippen molar-refractivity contribution in [2.75, 3.05) is 0 Å². The van der Waals surface area contributed by atoms with Gasteiger partial charge >= 0.3 is 0 Å².